The summed E-state index contributed by atoms with van der Waals surface area (Å²) in [6, 6.07) is 77.0. The van der Waals surface area contributed by atoms with E-state index in [2.05, 4.69) is 205 Å². The van der Waals surface area contributed by atoms with Gasteiger partial charge in [0.1, 0.15) is 22.3 Å². The molecule has 0 atom stereocenters. The summed E-state index contributed by atoms with van der Waals surface area (Å²) in [5.74, 6) is 0. The van der Waals surface area contributed by atoms with Crippen LogP contribution in [0.1, 0.15) is 0 Å². The quantitative estimate of drug-likeness (QED) is 0.158. The van der Waals surface area contributed by atoms with Crippen molar-refractivity contribution in [2.45, 2.75) is 0 Å². The van der Waals surface area contributed by atoms with Crippen LogP contribution in [0.5, 0.6) is 0 Å². The van der Waals surface area contributed by atoms with Crippen LogP contribution in [0, 0.1) is 0 Å². The number of furan rings is 2. The van der Waals surface area contributed by atoms with Gasteiger partial charge in [-0.05, 0) is 98.1 Å². The van der Waals surface area contributed by atoms with Crippen LogP contribution in [0.2, 0.25) is 0 Å². The summed E-state index contributed by atoms with van der Waals surface area (Å²) in [4.78, 5) is 2.39. The Labute approximate surface area is 336 Å². The van der Waals surface area contributed by atoms with E-state index in [9.17, 15) is 0 Å². The molecule has 0 bridgehead atoms. The van der Waals surface area contributed by atoms with Crippen LogP contribution in [0.4, 0.5) is 17.1 Å². The predicted octanol–water partition coefficient (Wildman–Crippen LogP) is 12.0. The van der Waals surface area contributed by atoms with Gasteiger partial charge in [-0.1, -0.05) is 152 Å². The molecule has 11 aromatic rings. The molecule has 0 saturated heterocycles. The molecule has 0 aliphatic carbocycles. The minimum atomic E-state index is -2.85. The monoisotopic (exact) mass is 757 g/mol. The summed E-state index contributed by atoms with van der Waals surface area (Å²) in [6.45, 7) is 0. The van der Waals surface area contributed by atoms with Crippen molar-refractivity contribution in [2.75, 3.05) is 4.90 Å². The van der Waals surface area contributed by atoms with Crippen LogP contribution >= 0.6 is 0 Å². The first-order chi connectivity index (χ1) is 28.8. The second-order valence-electron chi connectivity index (χ2n) is 15.2. The lowest BCUT2D eigenvalue weighted by atomic mass is 10.0. The first-order valence-electron chi connectivity index (χ1n) is 19.8. The van der Waals surface area contributed by atoms with E-state index >= 15 is 0 Å². The number of rotatable bonds is 6. The molecule has 0 spiro atoms. The SMILES string of the molecule is c1ccc(N(c2ccc(-c3ccc4c(c3)oc3ccccc34)cc2)c2ccc3c(c2)[Si](c2ccccc2)(c2ccccc2)c2ccc4c(oc5ccccc54)c2-3)cc1. The average molecular weight is 758 g/mol. The highest BCUT2D eigenvalue weighted by Crippen LogP contribution is 2.42. The van der Waals surface area contributed by atoms with Gasteiger partial charge in [-0.25, -0.2) is 0 Å². The van der Waals surface area contributed by atoms with Gasteiger partial charge in [0, 0.05) is 44.2 Å². The largest absolute Gasteiger partial charge is 0.456 e. The number of nitrogens with zero attached hydrogens (tertiary/aromatic N) is 1. The smallest absolute Gasteiger partial charge is 0.181 e. The molecule has 2 aromatic heterocycles. The van der Waals surface area contributed by atoms with Gasteiger partial charge in [0.25, 0.3) is 0 Å². The van der Waals surface area contributed by atoms with E-state index < -0.39 is 8.07 Å². The van der Waals surface area contributed by atoms with E-state index in [4.69, 9.17) is 8.83 Å². The number of hydrogen-bond acceptors (Lipinski definition) is 3. The van der Waals surface area contributed by atoms with Gasteiger partial charge < -0.3 is 13.7 Å². The molecule has 4 heteroatoms. The van der Waals surface area contributed by atoms with Crippen molar-refractivity contribution in [1.29, 1.82) is 0 Å². The van der Waals surface area contributed by atoms with Crippen LogP contribution in [0.15, 0.2) is 221 Å². The normalized spacial score (nSPS) is 13.0. The van der Waals surface area contributed by atoms with Gasteiger partial charge in [0.05, 0.1) is 0 Å². The summed E-state index contributed by atoms with van der Waals surface area (Å²) < 4.78 is 13.1. The molecule has 272 valence electrons. The zero-order valence-corrected chi connectivity index (χ0v) is 32.5. The van der Waals surface area contributed by atoms with E-state index in [1.54, 1.807) is 0 Å². The van der Waals surface area contributed by atoms with Gasteiger partial charge in [0.15, 0.2) is 8.07 Å². The Balaban J connectivity index is 1.07. The Hall–Kier alpha value is -7.40. The highest BCUT2D eigenvalue weighted by atomic mass is 28.3. The molecular weight excluding hydrogens is 723 g/mol. The van der Waals surface area contributed by atoms with Crippen molar-refractivity contribution in [1.82, 2.24) is 0 Å². The third-order valence-electron chi connectivity index (χ3n) is 12.2. The standard InChI is InChI=1S/C54H35NO2Si/c1-4-14-38(15-5-1)55(39-27-24-36(25-28-39)37-26-30-45-43-20-10-12-22-48(43)56-50(45)34-37)40-29-31-47-52(35-40)58(41-16-6-2-7-17-41,42-18-8-3-9-19-42)51-33-32-46-44-21-11-13-23-49(44)57-54(46)53(47)51/h1-35H. The molecule has 1 aliphatic rings. The fourth-order valence-corrected chi connectivity index (χ4v) is 14.8. The lowest BCUT2D eigenvalue weighted by molar-refractivity contribution is 0.669. The van der Waals surface area contributed by atoms with Crippen LogP contribution in [-0.2, 0) is 0 Å². The Morgan fingerprint density at radius 3 is 1.59 bits per heavy atom. The molecule has 3 nitrogen and oxygen atoms in total. The first-order valence-corrected chi connectivity index (χ1v) is 21.8. The van der Waals surface area contributed by atoms with E-state index in [1.807, 2.05) is 12.1 Å². The Bertz CT molecular complexity index is 3290. The van der Waals surface area contributed by atoms with Crippen LogP contribution in [0.25, 0.3) is 66.1 Å². The maximum atomic E-state index is 6.83. The number of anilines is 3. The van der Waals surface area contributed by atoms with E-state index in [1.165, 1.54) is 31.9 Å². The second-order valence-corrected chi connectivity index (χ2v) is 18.9. The molecular formula is C54H35NO2Si. The Kier molecular flexibility index (Phi) is 7.25. The molecule has 12 rings (SSSR count). The molecule has 9 aromatic carbocycles. The maximum Gasteiger partial charge on any atom is 0.181 e. The van der Waals surface area contributed by atoms with Crippen molar-refractivity contribution in [3.63, 3.8) is 0 Å². The maximum absolute atomic E-state index is 6.83. The molecule has 1 aliphatic heterocycles. The molecule has 0 unspecified atom stereocenters. The average Bonchev–Trinajstić information content (AvgIpc) is 3.96. The van der Waals surface area contributed by atoms with Crippen molar-refractivity contribution >= 4 is 89.8 Å². The second kappa shape index (κ2) is 12.8. The predicted molar refractivity (Wildman–Crippen MR) is 244 cm³/mol. The summed E-state index contributed by atoms with van der Waals surface area (Å²) in [6.07, 6.45) is 0. The number of para-hydroxylation sites is 3. The van der Waals surface area contributed by atoms with E-state index in [-0.39, 0.29) is 0 Å². The summed E-state index contributed by atoms with van der Waals surface area (Å²) in [5.41, 5.74) is 11.7. The van der Waals surface area contributed by atoms with Crippen molar-refractivity contribution in [3.05, 3.63) is 212 Å². The minimum Gasteiger partial charge on any atom is -0.456 e. The van der Waals surface area contributed by atoms with E-state index in [0.29, 0.717) is 0 Å². The zero-order valence-electron chi connectivity index (χ0n) is 31.5. The van der Waals surface area contributed by atoms with Crippen molar-refractivity contribution < 1.29 is 8.83 Å². The summed E-state index contributed by atoms with van der Waals surface area (Å²) >= 11 is 0. The van der Waals surface area contributed by atoms with E-state index in [0.717, 1.165) is 72.1 Å². The van der Waals surface area contributed by atoms with Gasteiger partial charge >= 0.3 is 0 Å². The Morgan fingerprint density at radius 1 is 0.345 bits per heavy atom. The molecule has 0 fully saturated rings. The third kappa shape index (κ3) is 4.79. The molecule has 0 N–H and O–H groups in total. The van der Waals surface area contributed by atoms with Crippen molar-refractivity contribution in [3.8, 4) is 22.3 Å². The fraction of sp³-hybridized carbons (Fsp3) is 0. The lowest BCUT2D eigenvalue weighted by Crippen LogP contribution is -2.72. The first kappa shape index (κ1) is 32.8. The van der Waals surface area contributed by atoms with Gasteiger partial charge in [-0.2, -0.15) is 0 Å². The molecule has 3 heterocycles. The third-order valence-corrected chi connectivity index (χ3v) is 17.0. The number of fused-ring (bicyclic) bond motifs is 10. The molecule has 58 heavy (non-hydrogen) atoms. The van der Waals surface area contributed by atoms with Gasteiger partial charge in [-0.15, -0.1) is 0 Å². The Morgan fingerprint density at radius 2 is 0.879 bits per heavy atom. The topological polar surface area (TPSA) is 29.5 Å². The summed E-state index contributed by atoms with van der Waals surface area (Å²) in [5, 5.41) is 10.0. The summed E-state index contributed by atoms with van der Waals surface area (Å²) in [7, 11) is -2.85. The fourth-order valence-electron chi connectivity index (χ4n) is 9.61. The highest BCUT2D eigenvalue weighted by Gasteiger charge is 2.50. The molecule has 0 amide bonds. The van der Waals surface area contributed by atoms with Crippen LogP contribution < -0.4 is 25.6 Å². The zero-order chi connectivity index (χ0) is 38.2. The molecule has 0 saturated carbocycles. The lowest BCUT2D eigenvalue weighted by Gasteiger charge is -2.32. The van der Waals surface area contributed by atoms with Crippen LogP contribution in [0.3, 0.4) is 0 Å². The number of hydrogen-bond donors (Lipinski definition) is 0. The highest BCUT2D eigenvalue weighted by molar-refractivity contribution is 7.22. The van der Waals surface area contributed by atoms with Crippen LogP contribution in [-0.4, -0.2) is 8.07 Å². The van der Waals surface area contributed by atoms with Gasteiger partial charge in [-0.3, -0.25) is 0 Å². The van der Waals surface area contributed by atoms with Crippen molar-refractivity contribution in [2.24, 2.45) is 0 Å². The minimum absolute atomic E-state index is 0.900. The molecule has 0 radical (unpaired) electrons. The van der Waals surface area contributed by atoms with Gasteiger partial charge in [0.2, 0.25) is 0 Å². The number of benzene rings is 9.